The van der Waals surface area contributed by atoms with Gasteiger partial charge in [0.05, 0.1) is 6.04 Å². The summed E-state index contributed by atoms with van der Waals surface area (Å²) in [4.78, 5) is 16.0. The quantitative estimate of drug-likeness (QED) is 0.715. The van der Waals surface area contributed by atoms with Gasteiger partial charge in [-0.05, 0) is 35.4 Å². The van der Waals surface area contributed by atoms with Crippen LogP contribution in [0.15, 0.2) is 66.7 Å². The van der Waals surface area contributed by atoms with E-state index in [-0.39, 0.29) is 23.6 Å². The van der Waals surface area contributed by atoms with Crippen LogP contribution in [-0.2, 0) is 4.79 Å². The number of phenolic OH excluding ortho intramolecular Hbond substituents is 1. The van der Waals surface area contributed by atoms with Crippen LogP contribution in [0.5, 0.6) is 5.75 Å². The molecule has 3 atom stereocenters. The Labute approximate surface area is 162 Å². The summed E-state index contributed by atoms with van der Waals surface area (Å²) in [6, 6.07) is 20.6. The number of nitrogens with zero attached hydrogens (tertiary/aromatic N) is 1. The van der Waals surface area contributed by atoms with E-state index >= 15 is 0 Å². The molecule has 1 saturated heterocycles. The normalized spacial score (nSPS) is 20.8. The maximum atomic E-state index is 12.4. The van der Waals surface area contributed by atoms with Gasteiger partial charge in [0.25, 0.3) is 0 Å². The first-order valence-electron chi connectivity index (χ1n) is 8.92. The Morgan fingerprint density at radius 3 is 2.44 bits per heavy atom. The summed E-state index contributed by atoms with van der Waals surface area (Å²) in [7, 11) is 1.75. The first kappa shape index (κ1) is 17.8. The first-order chi connectivity index (χ1) is 13.0. The van der Waals surface area contributed by atoms with Gasteiger partial charge in [-0.3, -0.25) is 4.79 Å². The molecular formula is C22H21NO3S. The predicted molar refractivity (Wildman–Crippen MR) is 107 cm³/mol. The van der Waals surface area contributed by atoms with Crippen molar-refractivity contribution in [3.05, 3.63) is 77.2 Å². The smallest absolute Gasteiger partial charge is 0.223 e. The number of rotatable bonds is 4. The monoisotopic (exact) mass is 379 g/mol. The largest absolute Gasteiger partial charge is 0.508 e. The molecule has 4 rings (SSSR count). The molecule has 1 amide bonds. The topological polar surface area (TPSA) is 60.8 Å². The van der Waals surface area contributed by atoms with E-state index in [1.165, 1.54) is 0 Å². The highest BCUT2D eigenvalue weighted by Crippen LogP contribution is 2.42. The van der Waals surface area contributed by atoms with Crippen molar-refractivity contribution in [3.8, 4) is 16.2 Å². The molecule has 5 heteroatoms. The van der Waals surface area contributed by atoms with E-state index < -0.39 is 6.10 Å². The summed E-state index contributed by atoms with van der Waals surface area (Å²) in [6.45, 7) is 0. The number of hydrogen-bond donors (Lipinski definition) is 2. The van der Waals surface area contributed by atoms with Gasteiger partial charge in [-0.1, -0.05) is 42.5 Å². The van der Waals surface area contributed by atoms with Crippen molar-refractivity contribution < 1.29 is 15.0 Å². The number of likely N-dealkylation sites (tertiary alicyclic amines) is 1. The van der Waals surface area contributed by atoms with Crippen LogP contribution in [0.3, 0.4) is 0 Å². The molecule has 4 nitrogen and oxygen atoms in total. The molecule has 0 aliphatic carbocycles. The first-order valence-corrected chi connectivity index (χ1v) is 9.74. The SMILES string of the molecule is CN1C(=O)C[C@H](c2ccc(O)cc2)[C@@H]1[C@H](O)c1ccc(-c2ccccc2)s1. The number of aliphatic hydroxyl groups is 1. The molecule has 0 bridgehead atoms. The number of carbonyl (C=O) groups is 1. The van der Waals surface area contributed by atoms with Crippen molar-refractivity contribution in [3.63, 3.8) is 0 Å². The lowest BCUT2D eigenvalue weighted by molar-refractivity contribution is -0.128. The van der Waals surface area contributed by atoms with Crippen LogP contribution in [0.25, 0.3) is 10.4 Å². The molecule has 2 N–H and O–H groups in total. The molecule has 3 aromatic rings. The Hall–Kier alpha value is -2.63. The Kier molecular flexibility index (Phi) is 4.72. The minimum absolute atomic E-state index is 0.0250. The summed E-state index contributed by atoms with van der Waals surface area (Å²) >= 11 is 1.56. The highest BCUT2D eigenvalue weighted by Gasteiger charge is 2.43. The predicted octanol–water partition coefficient (Wildman–Crippen LogP) is 4.17. The minimum Gasteiger partial charge on any atom is -0.508 e. The van der Waals surface area contributed by atoms with Gasteiger partial charge in [-0.2, -0.15) is 0 Å². The number of phenols is 1. The van der Waals surface area contributed by atoms with Crippen molar-refractivity contribution in [1.82, 2.24) is 4.90 Å². The highest BCUT2D eigenvalue weighted by atomic mass is 32.1. The fourth-order valence-electron chi connectivity index (χ4n) is 3.80. The van der Waals surface area contributed by atoms with Gasteiger partial charge in [0.2, 0.25) is 5.91 Å². The zero-order valence-electron chi connectivity index (χ0n) is 14.9. The molecule has 2 heterocycles. The average Bonchev–Trinajstić information content (AvgIpc) is 3.29. The fourth-order valence-corrected chi connectivity index (χ4v) is 4.84. The summed E-state index contributed by atoms with van der Waals surface area (Å²) in [5, 5.41) is 20.7. The number of thiophene rings is 1. The second-order valence-corrected chi connectivity index (χ2v) is 8.03. The molecule has 0 spiro atoms. The molecule has 1 aliphatic heterocycles. The van der Waals surface area contributed by atoms with Crippen molar-refractivity contribution in [2.24, 2.45) is 0 Å². The maximum Gasteiger partial charge on any atom is 0.223 e. The molecule has 27 heavy (non-hydrogen) atoms. The van der Waals surface area contributed by atoms with Gasteiger partial charge < -0.3 is 15.1 Å². The van der Waals surface area contributed by atoms with Gasteiger partial charge in [0.1, 0.15) is 11.9 Å². The van der Waals surface area contributed by atoms with E-state index in [0.29, 0.717) is 6.42 Å². The number of amides is 1. The Bertz CT molecular complexity index is 936. The van der Waals surface area contributed by atoms with Gasteiger partial charge in [-0.25, -0.2) is 0 Å². The fraction of sp³-hybridized carbons (Fsp3) is 0.227. The number of carbonyl (C=O) groups excluding carboxylic acids is 1. The summed E-state index contributed by atoms with van der Waals surface area (Å²) in [5.41, 5.74) is 2.07. The average molecular weight is 379 g/mol. The molecule has 2 aromatic carbocycles. The van der Waals surface area contributed by atoms with Crippen molar-refractivity contribution in [2.75, 3.05) is 7.05 Å². The van der Waals surface area contributed by atoms with E-state index in [9.17, 15) is 15.0 Å². The Morgan fingerprint density at radius 1 is 1.04 bits per heavy atom. The van der Waals surface area contributed by atoms with Gasteiger partial charge in [0, 0.05) is 29.1 Å². The van der Waals surface area contributed by atoms with Gasteiger partial charge >= 0.3 is 0 Å². The number of benzene rings is 2. The van der Waals surface area contributed by atoms with Crippen molar-refractivity contribution in [2.45, 2.75) is 24.5 Å². The highest BCUT2D eigenvalue weighted by molar-refractivity contribution is 7.15. The lowest BCUT2D eigenvalue weighted by Crippen LogP contribution is -2.36. The third kappa shape index (κ3) is 3.36. The molecule has 1 aliphatic rings. The second kappa shape index (κ2) is 7.18. The van der Waals surface area contributed by atoms with Crippen LogP contribution < -0.4 is 0 Å². The lowest BCUT2D eigenvalue weighted by atomic mass is 9.88. The van der Waals surface area contributed by atoms with E-state index in [1.807, 2.05) is 54.6 Å². The maximum absolute atomic E-state index is 12.4. The van der Waals surface area contributed by atoms with Crippen LogP contribution in [0.4, 0.5) is 0 Å². The van der Waals surface area contributed by atoms with E-state index in [0.717, 1.165) is 20.9 Å². The summed E-state index contributed by atoms with van der Waals surface area (Å²) in [6.07, 6.45) is -0.400. The third-order valence-corrected chi connectivity index (χ3v) is 6.47. The number of aromatic hydroxyl groups is 1. The molecule has 1 fully saturated rings. The number of hydrogen-bond acceptors (Lipinski definition) is 4. The van der Waals surface area contributed by atoms with E-state index in [2.05, 4.69) is 0 Å². The molecule has 138 valence electrons. The summed E-state index contributed by atoms with van der Waals surface area (Å²) < 4.78 is 0. The van der Waals surface area contributed by atoms with Crippen LogP contribution in [0, 0.1) is 0 Å². The standard InChI is InChI=1S/C22H21NO3S/c1-23-20(25)13-17(14-7-9-16(24)10-8-14)21(23)22(26)19-12-11-18(27-19)15-5-3-2-4-6-15/h2-12,17,21-22,24,26H,13H2,1H3/t17-,21-,22-/m1/s1. The number of aliphatic hydroxyl groups excluding tert-OH is 1. The number of likely N-dealkylation sites (N-methyl/N-ethyl adjacent to an activating group) is 1. The molecule has 0 unspecified atom stereocenters. The second-order valence-electron chi connectivity index (χ2n) is 6.91. The molecule has 0 saturated carbocycles. The zero-order valence-corrected chi connectivity index (χ0v) is 15.8. The van der Waals surface area contributed by atoms with Crippen LogP contribution in [-0.4, -0.2) is 34.1 Å². The van der Waals surface area contributed by atoms with E-state index in [1.54, 1.807) is 35.4 Å². The minimum atomic E-state index is -0.761. The molecule has 1 aromatic heterocycles. The van der Waals surface area contributed by atoms with Crippen LogP contribution >= 0.6 is 11.3 Å². The third-order valence-electron chi connectivity index (χ3n) is 5.27. The summed E-state index contributed by atoms with van der Waals surface area (Å²) in [5.74, 6) is 0.108. The van der Waals surface area contributed by atoms with Gasteiger partial charge in [0.15, 0.2) is 0 Å². The Balaban J connectivity index is 1.64. The van der Waals surface area contributed by atoms with Gasteiger partial charge in [-0.15, -0.1) is 11.3 Å². The molecular weight excluding hydrogens is 358 g/mol. The molecule has 0 radical (unpaired) electrons. The zero-order chi connectivity index (χ0) is 19.0. The van der Waals surface area contributed by atoms with Crippen molar-refractivity contribution >= 4 is 17.2 Å². The lowest BCUT2D eigenvalue weighted by Gasteiger charge is -2.29. The van der Waals surface area contributed by atoms with E-state index in [4.69, 9.17) is 0 Å². The van der Waals surface area contributed by atoms with Crippen molar-refractivity contribution in [1.29, 1.82) is 0 Å². The Morgan fingerprint density at radius 2 is 1.74 bits per heavy atom. The van der Waals surface area contributed by atoms with Crippen LogP contribution in [0.1, 0.15) is 28.9 Å². The van der Waals surface area contributed by atoms with Crippen LogP contribution in [0.2, 0.25) is 0 Å².